The van der Waals surface area contributed by atoms with E-state index in [4.69, 9.17) is 0 Å². The monoisotopic (exact) mass is 258 g/mol. The molecular weight excluding hydrogens is 240 g/mol. The molecular formula is C14H18N4O. The molecule has 2 aromatic rings. The van der Waals surface area contributed by atoms with Gasteiger partial charge >= 0.3 is 0 Å². The normalized spacial score (nSPS) is 18.9. The number of hydrogen-bond donors (Lipinski definition) is 2. The lowest BCUT2D eigenvalue weighted by molar-refractivity contribution is 0.265. The Kier molecular flexibility index (Phi) is 3.57. The summed E-state index contributed by atoms with van der Waals surface area (Å²) in [5.74, 6) is 0. The molecule has 19 heavy (non-hydrogen) atoms. The van der Waals surface area contributed by atoms with Gasteiger partial charge in [-0.1, -0.05) is 0 Å². The Hall–Kier alpha value is -1.72. The second-order valence-electron chi connectivity index (χ2n) is 4.78. The highest BCUT2D eigenvalue weighted by Gasteiger charge is 2.24. The summed E-state index contributed by atoms with van der Waals surface area (Å²) in [7, 11) is 0. The van der Waals surface area contributed by atoms with Gasteiger partial charge in [-0.2, -0.15) is 5.10 Å². The number of pyridine rings is 1. The van der Waals surface area contributed by atoms with Crippen LogP contribution in [0.3, 0.4) is 0 Å². The molecule has 5 heteroatoms. The summed E-state index contributed by atoms with van der Waals surface area (Å²) in [6, 6.07) is 4.33. The van der Waals surface area contributed by atoms with Crippen LogP contribution in [0.4, 0.5) is 0 Å². The minimum atomic E-state index is 0.108. The quantitative estimate of drug-likeness (QED) is 0.869. The molecule has 1 aliphatic heterocycles. The summed E-state index contributed by atoms with van der Waals surface area (Å²) < 4.78 is 1.92. The van der Waals surface area contributed by atoms with Gasteiger partial charge in [0.15, 0.2) is 0 Å². The molecule has 0 amide bonds. The Morgan fingerprint density at radius 3 is 2.89 bits per heavy atom. The van der Waals surface area contributed by atoms with Gasteiger partial charge in [0.1, 0.15) is 0 Å². The van der Waals surface area contributed by atoms with Crippen molar-refractivity contribution < 1.29 is 5.11 Å². The van der Waals surface area contributed by atoms with Gasteiger partial charge in [-0.05, 0) is 37.1 Å². The zero-order chi connectivity index (χ0) is 13.1. The zero-order valence-corrected chi connectivity index (χ0v) is 10.8. The van der Waals surface area contributed by atoms with Crippen molar-refractivity contribution in [3.8, 4) is 11.1 Å². The molecule has 1 aliphatic rings. The van der Waals surface area contributed by atoms with Gasteiger partial charge in [0, 0.05) is 24.0 Å². The van der Waals surface area contributed by atoms with E-state index in [1.54, 1.807) is 12.4 Å². The largest absolute Gasteiger partial charge is 0.394 e. The van der Waals surface area contributed by atoms with Gasteiger partial charge < -0.3 is 10.4 Å². The fourth-order valence-corrected chi connectivity index (χ4v) is 2.71. The van der Waals surface area contributed by atoms with Crippen LogP contribution in [-0.4, -0.2) is 33.0 Å². The van der Waals surface area contributed by atoms with E-state index in [0.29, 0.717) is 12.6 Å². The molecule has 5 nitrogen and oxygen atoms in total. The Balaban J connectivity index is 2.04. The fourth-order valence-electron chi connectivity index (χ4n) is 2.71. The lowest BCUT2D eigenvalue weighted by Gasteiger charge is -2.15. The van der Waals surface area contributed by atoms with Crippen molar-refractivity contribution in [2.75, 3.05) is 13.2 Å². The molecule has 3 heterocycles. The molecule has 1 atom stereocenters. The van der Waals surface area contributed by atoms with Crippen molar-refractivity contribution in [1.29, 1.82) is 0 Å². The van der Waals surface area contributed by atoms with E-state index in [1.165, 1.54) is 12.1 Å². The number of aromatic nitrogens is 3. The molecule has 0 bridgehead atoms. The fraction of sp³-hybridized carbons (Fsp3) is 0.429. The van der Waals surface area contributed by atoms with Crippen LogP contribution in [0.15, 0.2) is 30.7 Å². The first kappa shape index (κ1) is 12.3. The standard InChI is InChI=1S/C14H18N4O/c19-9-8-18-14(13-2-1-5-16-13)12(10-17-18)11-3-6-15-7-4-11/h3-4,6-7,10,13,16,19H,1-2,5,8-9H2. The first-order valence-electron chi connectivity index (χ1n) is 6.70. The van der Waals surface area contributed by atoms with Gasteiger partial charge in [0.25, 0.3) is 0 Å². The molecule has 2 N–H and O–H groups in total. The first-order chi connectivity index (χ1) is 9.40. The third kappa shape index (κ3) is 2.39. The maximum Gasteiger partial charge on any atom is 0.0644 e. The highest BCUT2D eigenvalue weighted by molar-refractivity contribution is 5.65. The second kappa shape index (κ2) is 5.50. The third-order valence-corrected chi connectivity index (χ3v) is 3.57. The summed E-state index contributed by atoms with van der Waals surface area (Å²) in [5.41, 5.74) is 3.44. The van der Waals surface area contributed by atoms with Crippen LogP contribution in [0.2, 0.25) is 0 Å². The molecule has 0 saturated carbocycles. The molecule has 0 spiro atoms. The van der Waals surface area contributed by atoms with Crippen LogP contribution in [0.5, 0.6) is 0 Å². The Labute approximate surface area is 112 Å². The van der Waals surface area contributed by atoms with E-state index in [-0.39, 0.29) is 6.61 Å². The summed E-state index contributed by atoms with van der Waals surface area (Å²) in [6.45, 7) is 1.69. The van der Waals surface area contributed by atoms with Crippen molar-refractivity contribution in [3.63, 3.8) is 0 Å². The van der Waals surface area contributed by atoms with Crippen molar-refractivity contribution in [1.82, 2.24) is 20.1 Å². The molecule has 1 fully saturated rings. The van der Waals surface area contributed by atoms with E-state index in [2.05, 4.69) is 15.4 Å². The van der Waals surface area contributed by atoms with Gasteiger partial charge in [-0.15, -0.1) is 0 Å². The summed E-state index contributed by atoms with van der Waals surface area (Å²) >= 11 is 0. The van der Waals surface area contributed by atoms with Crippen LogP contribution in [0.1, 0.15) is 24.6 Å². The molecule has 0 aromatic carbocycles. The second-order valence-corrected chi connectivity index (χ2v) is 4.78. The number of aliphatic hydroxyl groups excluding tert-OH is 1. The topological polar surface area (TPSA) is 63.0 Å². The van der Waals surface area contributed by atoms with Crippen LogP contribution >= 0.6 is 0 Å². The Morgan fingerprint density at radius 1 is 1.37 bits per heavy atom. The minimum Gasteiger partial charge on any atom is -0.394 e. The average Bonchev–Trinajstić information content (AvgIpc) is 3.08. The van der Waals surface area contributed by atoms with E-state index in [0.717, 1.165) is 24.1 Å². The van der Waals surface area contributed by atoms with E-state index >= 15 is 0 Å². The van der Waals surface area contributed by atoms with Crippen LogP contribution in [0, 0.1) is 0 Å². The number of aliphatic hydroxyl groups is 1. The molecule has 0 aliphatic carbocycles. The van der Waals surface area contributed by atoms with Crippen molar-refractivity contribution in [3.05, 3.63) is 36.4 Å². The summed E-state index contributed by atoms with van der Waals surface area (Å²) in [5, 5.41) is 17.1. The molecule has 2 aromatic heterocycles. The van der Waals surface area contributed by atoms with Crippen molar-refractivity contribution >= 4 is 0 Å². The number of rotatable bonds is 4. The van der Waals surface area contributed by atoms with Crippen LogP contribution in [0.25, 0.3) is 11.1 Å². The van der Waals surface area contributed by atoms with E-state index < -0.39 is 0 Å². The number of nitrogens with one attached hydrogen (secondary N) is 1. The van der Waals surface area contributed by atoms with Crippen molar-refractivity contribution in [2.24, 2.45) is 0 Å². The highest BCUT2D eigenvalue weighted by Crippen LogP contribution is 2.32. The predicted octanol–water partition coefficient (Wildman–Crippen LogP) is 1.36. The van der Waals surface area contributed by atoms with Gasteiger partial charge in [-0.3, -0.25) is 9.67 Å². The SMILES string of the molecule is OCCn1ncc(-c2ccncc2)c1C1CCCN1. The first-order valence-corrected chi connectivity index (χ1v) is 6.70. The molecule has 3 rings (SSSR count). The van der Waals surface area contributed by atoms with Crippen LogP contribution < -0.4 is 5.32 Å². The summed E-state index contributed by atoms with van der Waals surface area (Å²) in [6.07, 6.45) is 7.79. The predicted molar refractivity (Wildman–Crippen MR) is 72.5 cm³/mol. The average molecular weight is 258 g/mol. The molecule has 1 saturated heterocycles. The molecule has 100 valence electrons. The number of nitrogens with zero attached hydrogens (tertiary/aromatic N) is 3. The maximum atomic E-state index is 9.18. The number of hydrogen-bond acceptors (Lipinski definition) is 4. The zero-order valence-electron chi connectivity index (χ0n) is 10.8. The Morgan fingerprint density at radius 2 is 2.21 bits per heavy atom. The van der Waals surface area contributed by atoms with Gasteiger partial charge in [-0.25, -0.2) is 0 Å². The lowest BCUT2D eigenvalue weighted by Crippen LogP contribution is -2.19. The van der Waals surface area contributed by atoms with Crippen molar-refractivity contribution in [2.45, 2.75) is 25.4 Å². The maximum absolute atomic E-state index is 9.18. The van der Waals surface area contributed by atoms with Gasteiger partial charge in [0.05, 0.1) is 25.0 Å². The molecule has 1 unspecified atom stereocenters. The minimum absolute atomic E-state index is 0.108. The van der Waals surface area contributed by atoms with E-state index in [1.807, 2.05) is 23.0 Å². The Bertz CT molecular complexity index is 532. The van der Waals surface area contributed by atoms with E-state index in [9.17, 15) is 5.11 Å². The summed E-state index contributed by atoms with van der Waals surface area (Å²) in [4.78, 5) is 4.06. The third-order valence-electron chi connectivity index (χ3n) is 3.57. The van der Waals surface area contributed by atoms with Gasteiger partial charge in [0.2, 0.25) is 0 Å². The smallest absolute Gasteiger partial charge is 0.0644 e. The highest BCUT2D eigenvalue weighted by atomic mass is 16.3. The molecule has 0 radical (unpaired) electrons. The van der Waals surface area contributed by atoms with Crippen LogP contribution in [-0.2, 0) is 6.54 Å². The lowest BCUT2D eigenvalue weighted by atomic mass is 10.0.